The minimum absolute atomic E-state index is 0.343. The van der Waals surface area contributed by atoms with Gasteiger partial charge < -0.3 is 15.2 Å². The van der Waals surface area contributed by atoms with Crippen LogP contribution in [0, 0.1) is 6.92 Å². The normalized spacial score (nSPS) is 19.7. The van der Waals surface area contributed by atoms with Crippen molar-refractivity contribution in [2.75, 3.05) is 18.5 Å². The van der Waals surface area contributed by atoms with Gasteiger partial charge in [0.2, 0.25) is 0 Å². The van der Waals surface area contributed by atoms with Crippen LogP contribution in [0.4, 0.5) is 5.69 Å². The van der Waals surface area contributed by atoms with Crippen LogP contribution in [0.5, 0.6) is 0 Å². The van der Waals surface area contributed by atoms with E-state index in [0.717, 1.165) is 30.9 Å². The van der Waals surface area contributed by atoms with Gasteiger partial charge in [0.25, 0.3) is 0 Å². The molecule has 2 rings (SSSR count). The van der Waals surface area contributed by atoms with Gasteiger partial charge in [0.05, 0.1) is 18.2 Å². The van der Waals surface area contributed by atoms with Crippen LogP contribution >= 0.6 is 0 Å². The summed E-state index contributed by atoms with van der Waals surface area (Å²) < 4.78 is 5.26. The molecule has 4 heteroatoms. The molecular formula is C12H15NO3. The van der Waals surface area contributed by atoms with Crippen LogP contribution in [-0.4, -0.2) is 30.3 Å². The highest BCUT2D eigenvalue weighted by molar-refractivity contribution is 5.89. The first-order valence-electron chi connectivity index (χ1n) is 5.35. The zero-order chi connectivity index (χ0) is 11.5. The molecule has 1 atom stereocenters. The quantitative estimate of drug-likeness (QED) is 0.818. The topological polar surface area (TPSA) is 58.6 Å². The largest absolute Gasteiger partial charge is 0.478 e. The van der Waals surface area contributed by atoms with Gasteiger partial charge in [-0.25, -0.2) is 4.79 Å². The number of benzene rings is 1. The molecule has 1 aromatic carbocycles. The lowest BCUT2D eigenvalue weighted by Crippen LogP contribution is -2.19. The van der Waals surface area contributed by atoms with E-state index in [1.165, 1.54) is 0 Å². The highest BCUT2D eigenvalue weighted by Crippen LogP contribution is 2.18. The fourth-order valence-electron chi connectivity index (χ4n) is 1.88. The van der Waals surface area contributed by atoms with Gasteiger partial charge in [0.15, 0.2) is 0 Å². The second-order valence-electron chi connectivity index (χ2n) is 4.04. The molecule has 1 aromatic rings. The molecule has 4 nitrogen and oxygen atoms in total. The Hall–Kier alpha value is -1.55. The molecule has 0 aromatic heterocycles. The van der Waals surface area contributed by atoms with Gasteiger partial charge in [0, 0.05) is 12.3 Å². The average molecular weight is 221 g/mol. The monoisotopic (exact) mass is 221 g/mol. The van der Waals surface area contributed by atoms with Gasteiger partial charge in [-0.2, -0.15) is 0 Å². The Balaban J connectivity index is 2.11. The predicted molar refractivity (Wildman–Crippen MR) is 61.0 cm³/mol. The summed E-state index contributed by atoms with van der Waals surface area (Å²) >= 11 is 0. The molecule has 1 unspecified atom stereocenters. The fraction of sp³-hybridized carbons (Fsp3) is 0.417. The summed E-state index contributed by atoms with van der Waals surface area (Å²) in [6.45, 7) is 3.32. The molecule has 0 spiro atoms. The summed E-state index contributed by atoms with van der Waals surface area (Å²) in [4.78, 5) is 10.8. The minimum Gasteiger partial charge on any atom is -0.478 e. The third-order valence-electron chi connectivity index (χ3n) is 2.76. The molecule has 1 heterocycles. The van der Waals surface area contributed by atoms with Crippen molar-refractivity contribution in [1.29, 1.82) is 0 Å². The summed E-state index contributed by atoms with van der Waals surface area (Å²) in [6.07, 6.45) is 1.000. The number of anilines is 1. The van der Waals surface area contributed by atoms with Crippen LogP contribution in [0.2, 0.25) is 0 Å². The molecule has 1 aliphatic heterocycles. The molecule has 1 aliphatic rings. The van der Waals surface area contributed by atoms with Gasteiger partial charge in [-0.15, -0.1) is 0 Å². The van der Waals surface area contributed by atoms with Crippen molar-refractivity contribution >= 4 is 11.7 Å². The van der Waals surface area contributed by atoms with E-state index in [-0.39, 0.29) is 0 Å². The number of aromatic carboxylic acids is 1. The van der Waals surface area contributed by atoms with E-state index in [0.29, 0.717) is 11.6 Å². The number of ether oxygens (including phenoxy) is 1. The minimum atomic E-state index is -0.881. The number of aryl methyl sites for hydroxylation is 1. The third kappa shape index (κ3) is 2.33. The van der Waals surface area contributed by atoms with Crippen LogP contribution in [0.3, 0.4) is 0 Å². The Bertz CT molecular complexity index is 397. The number of carboxylic acid groups (broad SMARTS) is 1. The summed E-state index contributed by atoms with van der Waals surface area (Å²) in [6, 6.07) is 5.64. The second kappa shape index (κ2) is 4.53. The van der Waals surface area contributed by atoms with Crippen LogP contribution < -0.4 is 5.32 Å². The van der Waals surface area contributed by atoms with Gasteiger partial charge in [-0.1, -0.05) is 0 Å². The first-order valence-corrected chi connectivity index (χ1v) is 5.35. The number of carbonyl (C=O) groups is 1. The molecule has 1 fully saturated rings. The molecule has 0 bridgehead atoms. The number of nitrogens with one attached hydrogen (secondary N) is 1. The Kier molecular flexibility index (Phi) is 3.10. The summed E-state index contributed by atoms with van der Waals surface area (Å²) in [5, 5.41) is 12.2. The molecule has 1 saturated heterocycles. The second-order valence-corrected chi connectivity index (χ2v) is 4.04. The van der Waals surface area contributed by atoms with Crippen LogP contribution in [0.15, 0.2) is 18.2 Å². The van der Waals surface area contributed by atoms with E-state index >= 15 is 0 Å². The van der Waals surface area contributed by atoms with Crippen LogP contribution in [0.1, 0.15) is 22.3 Å². The van der Waals surface area contributed by atoms with E-state index in [1.54, 1.807) is 19.1 Å². The Morgan fingerprint density at radius 1 is 1.56 bits per heavy atom. The van der Waals surface area contributed by atoms with E-state index in [9.17, 15) is 4.79 Å². The van der Waals surface area contributed by atoms with Crippen LogP contribution in [0.25, 0.3) is 0 Å². The van der Waals surface area contributed by atoms with Crippen molar-refractivity contribution < 1.29 is 14.6 Å². The number of rotatable bonds is 3. The first-order chi connectivity index (χ1) is 7.66. The lowest BCUT2D eigenvalue weighted by atomic mass is 10.1. The number of hydrogen-bond acceptors (Lipinski definition) is 3. The van der Waals surface area contributed by atoms with Crippen molar-refractivity contribution in [2.45, 2.75) is 19.4 Å². The molecule has 86 valence electrons. The van der Waals surface area contributed by atoms with Crippen molar-refractivity contribution in [3.63, 3.8) is 0 Å². The van der Waals surface area contributed by atoms with Crippen LogP contribution in [-0.2, 0) is 4.74 Å². The van der Waals surface area contributed by atoms with Gasteiger partial charge in [-0.3, -0.25) is 0 Å². The molecular weight excluding hydrogens is 206 g/mol. The van der Waals surface area contributed by atoms with Gasteiger partial charge in [0.1, 0.15) is 0 Å². The lowest BCUT2D eigenvalue weighted by molar-refractivity contribution is 0.0696. The average Bonchev–Trinajstić information content (AvgIpc) is 2.70. The SMILES string of the molecule is Cc1cc(NC2CCOC2)ccc1C(=O)O. The van der Waals surface area contributed by atoms with Crippen molar-refractivity contribution in [2.24, 2.45) is 0 Å². The number of carboxylic acids is 1. The molecule has 0 amide bonds. The Morgan fingerprint density at radius 2 is 2.38 bits per heavy atom. The zero-order valence-corrected chi connectivity index (χ0v) is 9.19. The maximum atomic E-state index is 10.8. The third-order valence-corrected chi connectivity index (χ3v) is 2.76. The van der Waals surface area contributed by atoms with E-state index < -0.39 is 5.97 Å². The summed E-state index contributed by atoms with van der Waals surface area (Å²) in [5.41, 5.74) is 2.09. The van der Waals surface area contributed by atoms with E-state index in [4.69, 9.17) is 9.84 Å². The highest BCUT2D eigenvalue weighted by atomic mass is 16.5. The molecule has 0 radical (unpaired) electrons. The molecule has 0 saturated carbocycles. The van der Waals surface area contributed by atoms with E-state index in [2.05, 4.69) is 5.32 Å². The lowest BCUT2D eigenvalue weighted by Gasteiger charge is -2.13. The smallest absolute Gasteiger partial charge is 0.335 e. The molecule has 2 N–H and O–H groups in total. The van der Waals surface area contributed by atoms with E-state index in [1.807, 2.05) is 6.07 Å². The van der Waals surface area contributed by atoms with Crippen molar-refractivity contribution in [3.8, 4) is 0 Å². The zero-order valence-electron chi connectivity index (χ0n) is 9.19. The Labute approximate surface area is 94.2 Å². The van der Waals surface area contributed by atoms with Crippen molar-refractivity contribution in [3.05, 3.63) is 29.3 Å². The Morgan fingerprint density at radius 3 is 2.94 bits per heavy atom. The highest BCUT2D eigenvalue weighted by Gasteiger charge is 2.15. The predicted octanol–water partition coefficient (Wildman–Crippen LogP) is 1.89. The summed E-state index contributed by atoms with van der Waals surface area (Å²) in [5.74, 6) is -0.881. The fourth-order valence-corrected chi connectivity index (χ4v) is 1.88. The molecule has 16 heavy (non-hydrogen) atoms. The number of hydrogen-bond donors (Lipinski definition) is 2. The first kappa shape index (κ1) is 11.0. The standard InChI is InChI=1S/C12H15NO3/c1-8-6-9(2-3-11(8)12(14)15)13-10-4-5-16-7-10/h2-3,6,10,13H,4-5,7H2,1H3,(H,14,15). The maximum Gasteiger partial charge on any atom is 0.335 e. The molecule has 0 aliphatic carbocycles. The maximum absolute atomic E-state index is 10.8. The van der Waals surface area contributed by atoms with Gasteiger partial charge in [-0.05, 0) is 37.1 Å². The van der Waals surface area contributed by atoms with Crippen molar-refractivity contribution in [1.82, 2.24) is 0 Å². The van der Waals surface area contributed by atoms with Gasteiger partial charge >= 0.3 is 5.97 Å². The summed E-state index contributed by atoms with van der Waals surface area (Å²) in [7, 11) is 0.